The third-order valence-electron chi connectivity index (χ3n) is 4.98. The number of halogens is 2. The van der Waals surface area contributed by atoms with Crippen molar-refractivity contribution in [3.63, 3.8) is 0 Å². The highest BCUT2D eigenvalue weighted by Crippen LogP contribution is 2.30. The largest absolute Gasteiger partial charge is 0.384 e. The molecule has 0 saturated heterocycles. The van der Waals surface area contributed by atoms with Crippen molar-refractivity contribution >= 4 is 55.6 Å². The second kappa shape index (κ2) is 8.46. The molecule has 10 heteroatoms. The molecule has 32 heavy (non-hydrogen) atoms. The molecular formula is C22H18Cl2N4O3S. The van der Waals surface area contributed by atoms with E-state index in [-0.39, 0.29) is 28.0 Å². The molecule has 0 radical (unpaired) electrons. The van der Waals surface area contributed by atoms with Crippen molar-refractivity contribution < 1.29 is 8.42 Å². The third kappa shape index (κ3) is 3.81. The Balaban J connectivity index is 1.89. The van der Waals surface area contributed by atoms with Gasteiger partial charge in [-0.25, -0.2) is 17.8 Å². The van der Waals surface area contributed by atoms with Gasteiger partial charge < -0.3 is 5.73 Å². The van der Waals surface area contributed by atoms with Crippen molar-refractivity contribution in [1.29, 1.82) is 0 Å². The van der Waals surface area contributed by atoms with Crippen molar-refractivity contribution in [2.24, 2.45) is 0 Å². The number of aromatic nitrogens is 2. The Morgan fingerprint density at radius 1 is 1.03 bits per heavy atom. The molecule has 7 nitrogen and oxygen atoms in total. The smallest absolute Gasteiger partial charge is 0.354 e. The normalized spacial score (nSPS) is 11.6. The second-order valence-electron chi connectivity index (χ2n) is 6.89. The van der Waals surface area contributed by atoms with Crippen LogP contribution < -0.4 is 15.7 Å². The number of fused-ring (bicyclic) bond motifs is 1. The Morgan fingerprint density at radius 2 is 1.72 bits per heavy atom. The molecule has 4 aromatic rings. The number of nitrogens with two attached hydrogens (primary N) is 1. The quantitative estimate of drug-likeness (QED) is 0.446. The van der Waals surface area contributed by atoms with Gasteiger partial charge in [0.05, 0.1) is 26.8 Å². The van der Waals surface area contributed by atoms with Crippen LogP contribution in [0.2, 0.25) is 10.0 Å². The van der Waals surface area contributed by atoms with E-state index in [0.29, 0.717) is 21.6 Å². The lowest BCUT2D eigenvalue weighted by molar-refractivity contribution is 0.592. The van der Waals surface area contributed by atoms with E-state index in [1.54, 1.807) is 55.5 Å². The van der Waals surface area contributed by atoms with E-state index in [2.05, 4.69) is 4.98 Å². The molecule has 0 fully saturated rings. The highest BCUT2D eigenvalue weighted by atomic mass is 35.5. The van der Waals surface area contributed by atoms with Crippen LogP contribution in [0.15, 0.2) is 76.4 Å². The first-order chi connectivity index (χ1) is 15.2. The predicted octanol–water partition coefficient (Wildman–Crippen LogP) is 4.49. The summed E-state index contributed by atoms with van der Waals surface area (Å²) in [5.74, 6) is 0.113. The minimum atomic E-state index is -3.98. The number of benzene rings is 3. The third-order valence-corrected chi connectivity index (χ3v) is 7.45. The molecule has 3 aromatic carbocycles. The zero-order valence-corrected chi connectivity index (χ0v) is 19.2. The van der Waals surface area contributed by atoms with Crippen LogP contribution in [-0.4, -0.2) is 24.5 Å². The van der Waals surface area contributed by atoms with Gasteiger partial charge in [-0.15, -0.1) is 0 Å². The zero-order chi connectivity index (χ0) is 23.0. The zero-order valence-electron chi connectivity index (χ0n) is 16.9. The molecule has 2 N–H and O–H groups in total. The van der Waals surface area contributed by atoms with Gasteiger partial charge in [-0.2, -0.15) is 4.98 Å². The Kier molecular flexibility index (Phi) is 5.85. The number of nitrogens with zero attached hydrogens (tertiary/aromatic N) is 3. The summed E-state index contributed by atoms with van der Waals surface area (Å²) in [6, 6.07) is 17.5. The van der Waals surface area contributed by atoms with Crippen LogP contribution in [0.25, 0.3) is 16.6 Å². The molecular weight excluding hydrogens is 471 g/mol. The van der Waals surface area contributed by atoms with Gasteiger partial charge in [0, 0.05) is 17.0 Å². The predicted molar refractivity (Wildman–Crippen MR) is 128 cm³/mol. The Bertz CT molecular complexity index is 1490. The van der Waals surface area contributed by atoms with Crippen LogP contribution in [0.4, 0.5) is 11.5 Å². The Morgan fingerprint density at radius 3 is 2.41 bits per heavy atom. The molecule has 0 bridgehead atoms. The van der Waals surface area contributed by atoms with E-state index < -0.39 is 15.7 Å². The maximum absolute atomic E-state index is 13.4. The summed E-state index contributed by atoms with van der Waals surface area (Å²) in [5, 5.41) is 1.20. The monoisotopic (exact) mass is 488 g/mol. The fraction of sp³-hybridized carbons (Fsp3) is 0.0909. The standard InChI is InChI=1S/C22H18Cl2N4O3S/c1-2-27(15-9-7-14(23)8-10-15)32(30,31)16-11-12-18(24)20(13-16)28-21(25)17-5-3-4-6-19(17)26-22(28)29/h3-13H,2,25H2,1H3. The van der Waals surface area contributed by atoms with E-state index >= 15 is 0 Å². The molecule has 164 valence electrons. The molecule has 4 rings (SSSR count). The van der Waals surface area contributed by atoms with Crippen molar-refractivity contribution in [1.82, 2.24) is 9.55 Å². The van der Waals surface area contributed by atoms with Crippen molar-refractivity contribution in [3.05, 3.63) is 87.3 Å². The number of para-hydroxylation sites is 1. The van der Waals surface area contributed by atoms with Gasteiger partial charge in [-0.05, 0) is 61.5 Å². The topological polar surface area (TPSA) is 98.3 Å². The summed E-state index contributed by atoms with van der Waals surface area (Å²) in [7, 11) is -3.98. The number of sulfonamides is 1. The first-order valence-corrected chi connectivity index (χ1v) is 11.8. The van der Waals surface area contributed by atoms with Gasteiger partial charge in [0.25, 0.3) is 10.0 Å². The lowest BCUT2D eigenvalue weighted by Gasteiger charge is -2.23. The fourth-order valence-corrected chi connectivity index (χ4v) is 5.27. The molecule has 0 unspecified atom stereocenters. The van der Waals surface area contributed by atoms with Gasteiger partial charge >= 0.3 is 5.69 Å². The summed E-state index contributed by atoms with van der Waals surface area (Å²) in [4.78, 5) is 16.8. The van der Waals surface area contributed by atoms with Gasteiger partial charge in [-0.3, -0.25) is 4.31 Å². The first-order valence-electron chi connectivity index (χ1n) is 9.59. The SMILES string of the molecule is CCN(c1ccc(Cl)cc1)S(=O)(=O)c1ccc(Cl)c(-n2c(N)c3ccccc3nc2=O)c1. The van der Waals surface area contributed by atoms with E-state index in [9.17, 15) is 13.2 Å². The highest BCUT2D eigenvalue weighted by molar-refractivity contribution is 7.92. The first kappa shape index (κ1) is 22.1. The van der Waals surface area contributed by atoms with E-state index in [1.165, 1.54) is 22.5 Å². The van der Waals surface area contributed by atoms with E-state index in [0.717, 1.165) is 4.57 Å². The van der Waals surface area contributed by atoms with E-state index in [1.807, 2.05) is 0 Å². The molecule has 0 spiro atoms. The molecule has 1 aromatic heterocycles. The van der Waals surface area contributed by atoms with Crippen molar-refractivity contribution in [2.75, 3.05) is 16.6 Å². The fourth-order valence-electron chi connectivity index (χ4n) is 3.45. The molecule has 0 aliphatic heterocycles. The van der Waals surface area contributed by atoms with Crippen molar-refractivity contribution in [2.45, 2.75) is 11.8 Å². The Hall–Kier alpha value is -3.07. The molecule has 0 atom stereocenters. The minimum absolute atomic E-state index is 0.0480. The summed E-state index contributed by atoms with van der Waals surface area (Å²) >= 11 is 12.3. The van der Waals surface area contributed by atoms with Gasteiger partial charge in [0.15, 0.2) is 0 Å². The van der Waals surface area contributed by atoms with E-state index in [4.69, 9.17) is 28.9 Å². The lowest BCUT2D eigenvalue weighted by Crippen LogP contribution is -2.31. The van der Waals surface area contributed by atoms with Gasteiger partial charge in [0.1, 0.15) is 5.82 Å². The number of nitrogen functional groups attached to an aromatic ring is 1. The lowest BCUT2D eigenvalue weighted by atomic mass is 10.2. The van der Waals surface area contributed by atoms with Crippen LogP contribution in [0.1, 0.15) is 6.92 Å². The molecule has 0 saturated carbocycles. The van der Waals surface area contributed by atoms with Crippen LogP contribution in [0, 0.1) is 0 Å². The average molecular weight is 489 g/mol. The summed E-state index contributed by atoms with van der Waals surface area (Å²) < 4.78 is 29.2. The Labute approximate surface area is 194 Å². The molecule has 1 heterocycles. The summed E-state index contributed by atoms with van der Waals surface area (Å²) in [6.45, 7) is 1.90. The minimum Gasteiger partial charge on any atom is -0.384 e. The van der Waals surface area contributed by atoms with Crippen LogP contribution >= 0.6 is 23.2 Å². The van der Waals surface area contributed by atoms with Crippen LogP contribution in [0.5, 0.6) is 0 Å². The average Bonchev–Trinajstić information content (AvgIpc) is 2.76. The second-order valence-corrected chi connectivity index (χ2v) is 9.60. The summed E-state index contributed by atoms with van der Waals surface area (Å²) in [6.07, 6.45) is 0. The number of hydrogen-bond acceptors (Lipinski definition) is 5. The van der Waals surface area contributed by atoms with Crippen LogP contribution in [0.3, 0.4) is 0 Å². The number of anilines is 2. The van der Waals surface area contributed by atoms with Gasteiger partial charge in [-0.1, -0.05) is 35.3 Å². The van der Waals surface area contributed by atoms with Crippen molar-refractivity contribution in [3.8, 4) is 5.69 Å². The van der Waals surface area contributed by atoms with Gasteiger partial charge in [0.2, 0.25) is 0 Å². The molecule has 0 aliphatic carbocycles. The molecule has 0 amide bonds. The number of hydrogen-bond donors (Lipinski definition) is 1. The maximum atomic E-state index is 13.4. The van der Waals surface area contributed by atoms with Crippen LogP contribution in [-0.2, 0) is 10.0 Å². The highest BCUT2D eigenvalue weighted by Gasteiger charge is 2.25. The number of rotatable bonds is 5. The summed E-state index contributed by atoms with van der Waals surface area (Å²) in [5.41, 5.74) is 6.62. The molecule has 0 aliphatic rings. The maximum Gasteiger partial charge on any atom is 0.354 e.